The molecule has 0 atom stereocenters. The van der Waals surface area contributed by atoms with Crippen molar-refractivity contribution >= 4 is 11.3 Å². The van der Waals surface area contributed by atoms with Crippen LogP contribution in [-0.2, 0) is 16.7 Å². The molecule has 0 aromatic carbocycles. The van der Waals surface area contributed by atoms with Crippen LogP contribution >= 0.6 is 11.3 Å². The first-order chi connectivity index (χ1) is 9.45. The van der Waals surface area contributed by atoms with E-state index in [0.29, 0.717) is 0 Å². The zero-order valence-electron chi connectivity index (χ0n) is 12.7. The Morgan fingerprint density at radius 2 is 2.10 bits per heavy atom. The predicted molar refractivity (Wildman–Crippen MR) is 82.1 cm³/mol. The molecule has 0 unspecified atom stereocenters. The van der Waals surface area contributed by atoms with E-state index in [4.69, 9.17) is 9.72 Å². The lowest BCUT2D eigenvalue weighted by molar-refractivity contribution is 0.0267. The van der Waals surface area contributed by atoms with Crippen LogP contribution in [0.3, 0.4) is 0 Å². The van der Waals surface area contributed by atoms with Crippen molar-refractivity contribution in [1.29, 1.82) is 0 Å². The molecule has 1 aliphatic rings. The van der Waals surface area contributed by atoms with Gasteiger partial charge in [-0.3, -0.25) is 0 Å². The van der Waals surface area contributed by atoms with Gasteiger partial charge in [0, 0.05) is 42.7 Å². The van der Waals surface area contributed by atoms with Gasteiger partial charge in [-0.15, -0.1) is 11.3 Å². The van der Waals surface area contributed by atoms with Gasteiger partial charge in [0.25, 0.3) is 0 Å². The molecule has 4 nitrogen and oxygen atoms in total. The van der Waals surface area contributed by atoms with Gasteiger partial charge in [-0.2, -0.15) is 0 Å². The first kappa shape index (κ1) is 15.9. The van der Waals surface area contributed by atoms with Crippen LogP contribution in [0.2, 0.25) is 0 Å². The number of aromatic nitrogens is 1. The lowest BCUT2D eigenvalue weighted by atomic mass is 9.87. The average Bonchev–Trinajstić information content (AvgIpc) is 2.87. The second kappa shape index (κ2) is 6.52. The smallest absolute Gasteiger partial charge is 0.107 e. The van der Waals surface area contributed by atoms with Crippen molar-refractivity contribution < 1.29 is 9.84 Å². The molecular formula is C15H26N2O2S. The van der Waals surface area contributed by atoms with Gasteiger partial charge in [-0.05, 0) is 19.3 Å². The summed E-state index contributed by atoms with van der Waals surface area (Å²) in [5.74, 6) is 0. The Balaban J connectivity index is 1.97. The van der Waals surface area contributed by atoms with Crippen LogP contribution in [0.1, 0.15) is 50.7 Å². The molecule has 2 N–H and O–H groups in total. The summed E-state index contributed by atoms with van der Waals surface area (Å²) >= 11 is 1.71. The summed E-state index contributed by atoms with van der Waals surface area (Å²) in [6.07, 6.45) is 2.71. The summed E-state index contributed by atoms with van der Waals surface area (Å²) in [5, 5.41) is 16.2. The second-order valence-electron chi connectivity index (χ2n) is 6.60. The van der Waals surface area contributed by atoms with E-state index in [-0.39, 0.29) is 17.6 Å². The van der Waals surface area contributed by atoms with E-state index in [9.17, 15) is 5.11 Å². The molecule has 0 aliphatic carbocycles. The van der Waals surface area contributed by atoms with Crippen molar-refractivity contribution in [3.8, 4) is 0 Å². The molecule has 0 amide bonds. The highest BCUT2D eigenvalue weighted by Crippen LogP contribution is 2.27. The van der Waals surface area contributed by atoms with E-state index in [1.165, 1.54) is 0 Å². The minimum Gasteiger partial charge on any atom is -0.396 e. The molecule has 2 heterocycles. The molecule has 0 saturated carbocycles. The molecule has 0 radical (unpaired) electrons. The maximum absolute atomic E-state index is 9.30. The van der Waals surface area contributed by atoms with Crippen LogP contribution in [0.15, 0.2) is 5.38 Å². The molecule has 1 saturated heterocycles. The van der Waals surface area contributed by atoms with Crippen molar-refractivity contribution in [3.05, 3.63) is 16.1 Å². The Morgan fingerprint density at radius 3 is 2.65 bits per heavy atom. The highest BCUT2D eigenvalue weighted by molar-refractivity contribution is 7.09. The Bertz CT molecular complexity index is 414. The number of ether oxygens (including phenoxy) is 1. The molecule has 5 heteroatoms. The standard InChI is InChI=1S/C15H26N2O2S/c1-14(2,3)12-11-20-13(17-12)10-16-15(4-7-18)5-8-19-9-6-15/h11,16,18H,4-10H2,1-3H3. The van der Waals surface area contributed by atoms with E-state index >= 15 is 0 Å². The fraction of sp³-hybridized carbons (Fsp3) is 0.800. The van der Waals surface area contributed by atoms with Gasteiger partial charge in [0.1, 0.15) is 5.01 Å². The Morgan fingerprint density at radius 1 is 1.40 bits per heavy atom. The molecule has 1 aromatic rings. The molecule has 1 aromatic heterocycles. The molecule has 1 fully saturated rings. The van der Waals surface area contributed by atoms with Crippen molar-refractivity contribution in [2.24, 2.45) is 0 Å². The highest BCUT2D eigenvalue weighted by atomic mass is 32.1. The third-order valence-corrected chi connectivity index (χ3v) is 4.82. The van der Waals surface area contributed by atoms with E-state index < -0.39 is 0 Å². The summed E-state index contributed by atoms with van der Waals surface area (Å²) in [5.41, 5.74) is 1.28. The molecule has 0 bridgehead atoms. The average molecular weight is 298 g/mol. The number of thiazole rings is 1. The molecular weight excluding hydrogens is 272 g/mol. The number of nitrogens with zero attached hydrogens (tertiary/aromatic N) is 1. The van der Waals surface area contributed by atoms with Crippen LogP contribution in [0, 0.1) is 0 Å². The van der Waals surface area contributed by atoms with Crippen molar-refractivity contribution in [3.63, 3.8) is 0 Å². The molecule has 20 heavy (non-hydrogen) atoms. The highest BCUT2D eigenvalue weighted by Gasteiger charge is 2.31. The van der Waals surface area contributed by atoms with Crippen LogP contribution < -0.4 is 5.32 Å². The Labute approximate surface area is 125 Å². The quantitative estimate of drug-likeness (QED) is 0.877. The molecule has 0 spiro atoms. The first-order valence-corrected chi connectivity index (χ1v) is 8.22. The molecule has 2 rings (SSSR count). The van der Waals surface area contributed by atoms with Gasteiger partial charge in [-0.25, -0.2) is 4.98 Å². The van der Waals surface area contributed by atoms with Crippen LogP contribution in [-0.4, -0.2) is 35.5 Å². The summed E-state index contributed by atoms with van der Waals surface area (Å²) in [6, 6.07) is 0. The maximum atomic E-state index is 9.30. The minimum absolute atomic E-state index is 0.0145. The van der Waals surface area contributed by atoms with Gasteiger partial charge < -0.3 is 15.2 Å². The van der Waals surface area contributed by atoms with Crippen molar-refractivity contribution in [1.82, 2.24) is 10.3 Å². The van der Waals surface area contributed by atoms with Crippen molar-refractivity contribution in [2.75, 3.05) is 19.8 Å². The topological polar surface area (TPSA) is 54.4 Å². The number of rotatable bonds is 5. The van der Waals surface area contributed by atoms with Gasteiger partial charge >= 0.3 is 0 Å². The fourth-order valence-corrected chi connectivity index (χ4v) is 3.45. The summed E-state index contributed by atoms with van der Waals surface area (Å²) in [7, 11) is 0. The first-order valence-electron chi connectivity index (χ1n) is 7.34. The zero-order valence-corrected chi connectivity index (χ0v) is 13.6. The van der Waals surface area contributed by atoms with E-state index in [2.05, 4.69) is 31.5 Å². The third-order valence-electron chi connectivity index (χ3n) is 3.98. The minimum atomic E-state index is 0.0145. The Hall–Kier alpha value is -0.490. The number of hydrogen-bond donors (Lipinski definition) is 2. The summed E-state index contributed by atoms with van der Waals surface area (Å²) < 4.78 is 5.44. The van der Waals surface area contributed by atoms with Gasteiger partial charge in [0.2, 0.25) is 0 Å². The normalized spacial score (nSPS) is 19.2. The molecule has 1 aliphatic heterocycles. The summed E-state index contributed by atoms with van der Waals surface area (Å²) in [4.78, 5) is 4.72. The SMILES string of the molecule is CC(C)(C)c1csc(CNC2(CCO)CCOCC2)n1. The number of hydrogen-bond acceptors (Lipinski definition) is 5. The van der Waals surface area contributed by atoms with E-state index in [0.717, 1.165) is 49.7 Å². The monoisotopic (exact) mass is 298 g/mol. The van der Waals surface area contributed by atoms with E-state index in [1.54, 1.807) is 11.3 Å². The number of nitrogens with one attached hydrogen (secondary N) is 1. The van der Waals surface area contributed by atoms with Gasteiger partial charge in [0.05, 0.1) is 5.69 Å². The van der Waals surface area contributed by atoms with E-state index in [1.807, 2.05) is 0 Å². The molecule has 114 valence electrons. The van der Waals surface area contributed by atoms with Gasteiger partial charge in [-0.1, -0.05) is 20.8 Å². The second-order valence-corrected chi connectivity index (χ2v) is 7.54. The van der Waals surface area contributed by atoms with Crippen molar-refractivity contribution in [2.45, 2.75) is 57.5 Å². The fourth-order valence-electron chi connectivity index (χ4n) is 2.49. The van der Waals surface area contributed by atoms with Crippen LogP contribution in [0.4, 0.5) is 0 Å². The summed E-state index contributed by atoms with van der Waals surface area (Å²) in [6.45, 7) is 9.11. The lowest BCUT2D eigenvalue weighted by Gasteiger charge is -2.37. The third kappa shape index (κ3) is 4.01. The number of aliphatic hydroxyl groups is 1. The predicted octanol–water partition coefficient (Wildman–Crippen LogP) is 2.46. The van der Waals surface area contributed by atoms with Gasteiger partial charge in [0.15, 0.2) is 0 Å². The maximum Gasteiger partial charge on any atom is 0.107 e. The Kier molecular flexibility index (Phi) is 5.18. The lowest BCUT2D eigenvalue weighted by Crippen LogP contribution is -2.49. The number of aliphatic hydroxyl groups excluding tert-OH is 1. The van der Waals surface area contributed by atoms with Crippen LogP contribution in [0.25, 0.3) is 0 Å². The zero-order chi connectivity index (χ0) is 14.6. The largest absolute Gasteiger partial charge is 0.396 e. The van der Waals surface area contributed by atoms with Crippen LogP contribution in [0.5, 0.6) is 0 Å².